The Morgan fingerprint density at radius 3 is 2.72 bits per heavy atom. The molecule has 0 unspecified atom stereocenters. The van der Waals surface area contributed by atoms with Gasteiger partial charge in [0.1, 0.15) is 5.75 Å². The lowest BCUT2D eigenvalue weighted by molar-refractivity contribution is 0.415. The molecule has 0 aliphatic heterocycles. The SMILES string of the molecule is COc1cc(NCc2ccccc2Br)ccc1Cl. The van der Waals surface area contributed by atoms with Crippen molar-refractivity contribution in [3.8, 4) is 5.75 Å². The Morgan fingerprint density at radius 2 is 2.00 bits per heavy atom. The van der Waals surface area contributed by atoms with E-state index in [9.17, 15) is 0 Å². The molecule has 0 bridgehead atoms. The molecule has 0 spiro atoms. The van der Waals surface area contributed by atoms with Crippen LogP contribution in [0.2, 0.25) is 5.02 Å². The van der Waals surface area contributed by atoms with Gasteiger partial charge in [-0.1, -0.05) is 45.7 Å². The van der Waals surface area contributed by atoms with Gasteiger partial charge in [-0.05, 0) is 23.8 Å². The fraction of sp³-hybridized carbons (Fsp3) is 0.143. The highest BCUT2D eigenvalue weighted by molar-refractivity contribution is 9.10. The average molecular weight is 327 g/mol. The third kappa shape index (κ3) is 3.18. The smallest absolute Gasteiger partial charge is 0.139 e. The molecule has 0 amide bonds. The summed E-state index contributed by atoms with van der Waals surface area (Å²) in [5.74, 6) is 0.675. The number of hydrogen-bond donors (Lipinski definition) is 1. The van der Waals surface area contributed by atoms with Gasteiger partial charge in [0.25, 0.3) is 0 Å². The van der Waals surface area contributed by atoms with Crippen LogP contribution in [0.4, 0.5) is 5.69 Å². The van der Waals surface area contributed by atoms with Crippen molar-refractivity contribution in [3.05, 3.63) is 57.5 Å². The zero-order chi connectivity index (χ0) is 13.0. The highest BCUT2D eigenvalue weighted by Gasteiger charge is 2.03. The van der Waals surface area contributed by atoms with Crippen molar-refractivity contribution >= 4 is 33.2 Å². The molecule has 0 aliphatic rings. The molecule has 0 radical (unpaired) electrons. The summed E-state index contributed by atoms with van der Waals surface area (Å²) in [5.41, 5.74) is 2.18. The summed E-state index contributed by atoms with van der Waals surface area (Å²) < 4.78 is 6.28. The van der Waals surface area contributed by atoms with Crippen LogP contribution in [0.15, 0.2) is 46.9 Å². The van der Waals surface area contributed by atoms with Crippen LogP contribution in [-0.2, 0) is 6.54 Å². The Labute approximate surface area is 120 Å². The van der Waals surface area contributed by atoms with Crippen molar-refractivity contribution in [2.45, 2.75) is 6.54 Å². The minimum atomic E-state index is 0.615. The predicted octanol–water partition coefficient (Wildman–Crippen LogP) is 4.72. The monoisotopic (exact) mass is 325 g/mol. The quantitative estimate of drug-likeness (QED) is 0.877. The molecule has 0 heterocycles. The van der Waals surface area contributed by atoms with Crippen molar-refractivity contribution in [1.29, 1.82) is 0 Å². The molecule has 2 aromatic rings. The van der Waals surface area contributed by atoms with Gasteiger partial charge in [0.15, 0.2) is 0 Å². The van der Waals surface area contributed by atoms with Gasteiger partial charge in [0, 0.05) is 22.8 Å². The van der Waals surface area contributed by atoms with Crippen molar-refractivity contribution in [3.63, 3.8) is 0 Å². The fourth-order valence-electron chi connectivity index (χ4n) is 1.61. The summed E-state index contributed by atoms with van der Waals surface area (Å²) in [5, 5.41) is 3.95. The summed E-state index contributed by atoms with van der Waals surface area (Å²) >= 11 is 9.50. The van der Waals surface area contributed by atoms with Gasteiger partial charge in [-0.15, -0.1) is 0 Å². The van der Waals surface area contributed by atoms with E-state index < -0.39 is 0 Å². The largest absolute Gasteiger partial charge is 0.495 e. The van der Waals surface area contributed by atoms with E-state index in [1.165, 1.54) is 5.56 Å². The van der Waals surface area contributed by atoms with E-state index in [0.717, 1.165) is 16.7 Å². The van der Waals surface area contributed by atoms with E-state index in [2.05, 4.69) is 27.3 Å². The van der Waals surface area contributed by atoms with Crippen LogP contribution in [0.3, 0.4) is 0 Å². The van der Waals surface area contributed by atoms with Crippen LogP contribution in [-0.4, -0.2) is 7.11 Å². The molecule has 4 heteroatoms. The standard InChI is InChI=1S/C14H13BrClNO/c1-18-14-8-11(6-7-13(14)16)17-9-10-4-2-3-5-12(10)15/h2-8,17H,9H2,1H3. The summed E-state index contributed by atoms with van der Waals surface area (Å²) in [6.45, 7) is 0.742. The Hall–Kier alpha value is -1.19. The number of ether oxygens (including phenoxy) is 1. The van der Waals surface area contributed by atoms with E-state index >= 15 is 0 Å². The summed E-state index contributed by atoms with van der Waals surface area (Å²) in [6.07, 6.45) is 0. The maximum absolute atomic E-state index is 5.98. The number of anilines is 1. The van der Waals surface area contributed by atoms with Crippen molar-refractivity contribution in [1.82, 2.24) is 0 Å². The normalized spacial score (nSPS) is 10.2. The molecule has 0 saturated carbocycles. The molecule has 2 rings (SSSR count). The molecule has 0 aromatic heterocycles. The van der Waals surface area contributed by atoms with Gasteiger partial charge in [-0.3, -0.25) is 0 Å². The van der Waals surface area contributed by atoms with Gasteiger partial charge < -0.3 is 10.1 Å². The minimum absolute atomic E-state index is 0.615. The first-order valence-electron chi connectivity index (χ1n) is 5.51. The van der Waals surface area contributed by atoms with Gasteiger partial charge >= 0.3 is 0 Å². The lowest BCUT2D eigenvalue weighted by Crippen LogP contribution is -2.00. The Morgan fingerprint density at radius 1 is 1.22 bits per heavy atom. The zero-order valence-electron chi connectivity index (χ0n) is 9.91. The highest BCUT2D eigenvalue weighted by Crippen LogP contribution is 2.28. The zero-order valence-corrected chi connectivity index (χ0v) is 12.3. The maximum Gasteiger partial charge on any atom is 0.139 e. The van der Waals surface area contributed by atoms with E-state index in [4.69, 9.17) is 16.3 Å². The molecule has 0 saturated heterocycles. The fourth-order valence-corrected chi connectivity index (χ4v) is 2.23. The molecule has 94 valence electrons. The van der Waals surface area contributed by atoms with Gasteiger partial charge in [0.2, 0.25) is 0 Å². The van der Waals surface area contributed by atoms with Crippen molar-refractivity contribution < 1.29 is 4.74 Å². The second-order valence-electron chi connectivity index (χ2n) is 3.79. The van der Waals surface area contributed by atoms with Crippen LogP contribution in [0.25, 0.3) is 0 Å². The number of hydrogen-bond acceptors (Lipinski definition) is 2. The van der Waals surface area contributed by atoms with Gasteiger partial charge in [-0.25, -0.2) is 0 Å². The first kappa shape index (κ1) is 13.2. The summed E-state index contributed by atoms with van der Waals surface area (Å²) in [7, 11) is 1.61. The molecule has 2 nitrogen and oxygen atoms in total. The number of benzene rings is 2. The topological polar surface area (TPSA) is 21.3 Å². The van der Waals surface area contributed by atoms with Crippen LogP contribution in [0, 0.1) is 0 Å². The number of methoxy groups -OCH3 is 1. The molecule has 2 aromatic carbocycles. The first-order chi connectivity index (χ1) is 8.70. The van der Waals surface area contributed by atoms with Crippen LogP contribution in [0.1, 0.15) is 5.56 Å². The molecule has 0 aliphatic carbocycles. The molecular formula is C14H13BrClNO. The first-order valence-corrected chi connectivity index (χ1v) is 6.68. The van der Waals surface area contributed by atoms with Crippen molar-refractivity contribution in [2.24, 2.45) is 0 Å². The average Bonchev–Trinajstić information content (AvgIpc) is 2.39. The van der Waals surface area contributed by atoms with Gasteiger partial charge in [-0.2, -0.15) is 0 Å². The Bertz CT molecular complexity index is 545. The van der Waals surface area contributed by atoms with Crippen LogP contribution in [0.5, 0.6) is 5.75 Å². The highest BCUT2D eigenvalue weighted by atomic mass is 79.9. The lowest BCUT2D eigenvalue weighted by Gasteiger charge is -2.10. The number of rotatable bonds is 4. The molecular weight excluding hydrogens is 314 g/mol. The Kier molecular flexibility index (Phi) is 4.50. The van der Waals surface area contributed by atoms with Crippen LogP contribution >= 0.6 is 27.5 Å². The second kappa shape index (κ2) is 6.12. The van der Waals surface area contributed by atoms with Crippen LogP contribution < -0.4 is 10.1 Å². The summed E-state index contributed by atoms with van der Waals surface area (Å²) in [4.78, 5) is 0. The van der Waals surface area contributed by atoms with E-state index in [1.54, 1.807) is 7.11 Å². The predicted molar refractivity (Wildman–Crippen MR) is 79.5 cm³/mol. The summed E-state index contributed by atoms with van der Waals surface area (Å²) in [6, 6.07) is 13.8. The van der Waals surface area contributed by atoms with E-state index in [1.807, 2.05) is 36.4 Å². The number of halogens is 2. The number of nitrogens with one attached hydrogen (secondary N) is 1. The minimum Gasteiger partial charge on any atom is -0.495 e. The third-order valence-electron chi connectivity index (χ3n) is 2.59. The van der Waals surface area contributed by atoms with E-state index in [0.29, 0.717) is 10.8 Å². The lowest BCUT2D eigenvalue weighted by atomic mass is 10.2. The Balaban J connectivity index is 2.09. The third-order valence-corrected chi connectivity index (χ3v) is 3.68. The molecule has 1 N–H and O–H groups in total. The molecule has 0 fully saturated rings. The molecule has 18 heavy (non-hydrogen) atoms. The second-order valence-corrected chi connectivity index (χ2v) is 5.06. The molecule has 0 atom stereocenters. The van der Waals surface area contributed by atoms with Crippen molar-refractivity contribution in [2.75, 3.05) is 12.4 Å². The van der Waals surface area contributed by atoms with E-state index in [-0.39, 0.29) is 0 Å². The van der Waals surface area contributed by atoms with Gasteiger partial charge in [0.05, 0.1) is 12.1 Å². The maximum atomic E-state index is 5.98.